The topological polar surface area (TPSA) is 76.0 Å². The zero-order valence-electron chi connectivity index (χ0n) is 17.4. The van der Waals surface area contributed by atoms with E-state index in [2.05, 4.69) is 20.2 Å². The fourth-order valence-corrected chi connectivity index (χ4v) is 4.45. The van der Waals surface area contributed by atoms with Crippen LogP contribution in [0.1, 0.15) is 68.1 Å². The minimum absolute atomic E-state index is 0.153. The molecule has 1 aromatic heterocycles. The number of hydrogen-bond acceptors (Lipinski definition) is 3. The molecule has 1 aliphatic heterocycles. The molecule has 160 valence electrons. The molecule has 2 aliphatic rings. The molecule has 2 amide bonds. The van der Waals surface area contributed by atoms with E-state index >= 15 is 0 Å². The van der Waals surface area contributed by atoms with E-state index in [-0.39, 0.29) is 23.7 Å². The van der Waals surface area contributed by atoms with Crippen molar-refractivity contribution in [2.45, 2.75) is 76.9 Å². The highest BCUT2D eigenvalue weighted by Gasteiger charge is 2.27. The van der Waals surface area contributed by atoms with E-state index < -0.39 is 6.04 Å². The van der Waals surface area contributed by atoms with Gasteiger partial charge in [0.05, 0.1) is 5.69 Å². The molecule has 1 atom stereocenters. The van der Waals surface area contributed by atoms with Gasteiger partial charge >= 0.3 is 0 Å². The van der Waals surface area contributed by atoms with Gasteiger partial charge in [0.2, 0.25) is 5.91 Å². The third kappa shape index (κ3) is 4.40. The molecule has 0 saturated heterocycles. The van der Waals surface area contributed by atoms with Crippen LogP contribution in [-0.4, -0.2) is 33.4 Å². The predicted molar refractivity (Wildman–Crippen MR) is 113 cm³/mol. The summed E-state index contributed by atoms with van der Waals surface area (Å²) < 4.78 is 15.5. The van der Waals surface area contributed by atoms with Crippen LogP contribution in [-0.2, 0) is 17.8 Å². The first-order valence-corrected chi connectivity index (χ1v) is 11.0. The highest BCUT2D eigenvalue weighted by molar-refractivity contribution is 5.97. The highest BCUT2D eigenvalue weighted by Crippen LogP contribution is 2.27. The number of hydrogen-bond donors (Lipinski definition) is 2. The first kappa shape index (κ1) is 20.6. The maximum absolute atomic E-state index is 13.4. The molecule has 7 heteroatoms. The summed E-state index contributed by atoms with van der Waals surface area (Å²) in [5.41, 5.74) is 2.05. The molecule has 1 saturated carbocycles. The van der Waals surface area contributed by atoms with E-state index in [0.717, 1.165) is 69.2 Å². The van der Waals surface area contributed by atoms with Crippen molar-refractivity contribution in [2.24, 2.45) is 0 Å². The summed E-state index contributed by atoms with van der Waals surface area (Å²) in [5.74, 6) is -0.107. The monoisotopic (exact) mass is 412 g/mol. The number of nitrogens with one attached hydrogen (secondary N) is 2. The van der Waals surface area contributed by atoms with Gasteiger partial charge in [0.15, 0.2) is 0 Å². The van der Waals surface area contributed by atoms with Crippen molar-refractivity contribution in [2.75, 3.05) is 0 Å². The molecule has 0 bridgehead atoms. The van der Waals surface area contributed by atoms with Crippen molar-refractivity contribution in [1.29, 1.82) is 0 Å². The van der Waals surface area contributed by atoms with Gasteiger partial charge in [0.25, 0.3) is 5.91 Å². The summed E-state index contributed by atoms with van der Waals surface area (Å²) in [6.07, 6.45) is 8.14. The maximum Gasteiger partial charge on any atom is 0.272 e. The number of benzene rings is 1. The van der Waals surface area contributed by atoms with Crippen molar-refractivity contribution >= 4 is 11.8 Å². The van der Waals surface area contributed by atoms with Gasteiger partial charge in [0.1, 0.15) is 23.4 Å². The fourth-order valence-electron chi connectivity index (χ4n) is 4.45. The number of aromatic nitrogens is 2. The Kier molecular flexibility index (Phi) is 6.16. The molecule has 2 aromatic rings. The molecule has 6 nitrogen and oxygen atoms in total. The fraction of sp³-hybridized carbons (Fsp3) is 0.522. The third-order valence-corrected chi connectivity index (χ3v) is 6.13. The van der Waals surface area contributed by atoms with E-state index in [1.165, 1.54) is 12.1 Å². The molecular weight excluding hydrogens is 383 g/mol. The Bertz CT molecular complexity index is 916. The van der Waals surface area contributed by atoms with Gasteiger partial charge in [-0.05, 0) is 63.3 Å². The van der Waals surface area contributed by atoms with Crippen molar-refractivity contribution in [3.05, 3.63) is 41.5 Å². The van der Waals surface area contributed by atoms with Crippen LogP contribution in [0.4, 0.5) is 4.39 Å². The molecule has 0 radical (unpaired) electrons. The molecule has 4 rings (SSSR count). The molecule has 1 aromatic carbocycles. The number of fused-ring (bicyclic) bond motifs is 1. The SMILES string of the molecule is CC(NC(=O)c1nc(-c2ccc(F)cc2)n2c1CCCCC2)C(=O)NC1CCCC1. The number of carbonyl (C=O) groups is 2. The van der Waals surface area contributed by atoms with Crippen LogP contribution in [0.5, 0.6) is 0 Å². The molecule has 0 spiro atoms. The van der Waals surface area contributed by atoms with Crippen molar-refractivity contribution in [3.8, 4) is 11.4 Å². The lowest BCUT2D eigenvalue weighted by Gasteiger charge is -2.17. The summed E-state index contributed by atoms with van der Waals surface area (Å²) in [6.45, 7) is 2.48. The van der Waals surface area contributed by atoms with E-state index in [9.17, 15) is 14.0 Å². The van der Waals surface area contributed by atoms with E-state index in [1.54, 1.807) is 19.1 Å². The summed E-state index contributed by atoms with van der Waals surface area (Å²) in [7, 11) is 0. The summed E-state index contributed by atoms with van der Waals surface area (Å²) in [4.78, 5) is 30.2. The Hall–Kier alpha value is -2.70. The smallest absolute Gasteiger partial charge is 0.272 e. The number of carbonyl (C=O) groups excluding carboxylic acids is 2. The van der Waals surface area contributed by atoms with Gasteiger partial charge in [0, 0.05) is 18.2 Å². The normalized spacial score (nSPS) is 17.8. The van der Waals surface area contributed by atoms with E-state index in [0.29, 0.717) is 11.5 Å². The molecule has 1 fully saturated rings. The minimum atomic E-state index is -0.629. The lowest BCUT2D eigenvalue weighted by Crippen LogP contribution is -2.47. The first-order chi connectivity index (χ1) is 14.5. The second kappa shape index (κ2) is 8.98. The quantitative estimate of drug-likeness (QED) is 0.788. The molecule has 2 N–H and O–H groups in total. The standard InChI is InChI=1S/C23H29FN4O2/c1-15(22(29)26-18-7-4-5-8-18)25-23(30)20-19-9-3-2-6-14-28(19)21(27-20)16-10-12-17(24)13-11-16/h10-13,15,18H,2-9,14H2,1H3,(H,25,30)(H,26,29). The Morgan fingerprint density at radius 3 is 2.57 bits per heavy atom. The van der Waals surface area contributed by atoms with Gasteiger partial charge < -0.3 is 15.2 Å². The Balaban J connectivity index is 1.55. The summed E-state index contributed by atoms with van der Waals surface area (Å²) in [6, 6.07) is 5.78. The Morgan fingerprint density at radius 2 is 1.83 bits per heavy atom. The zero-order chi connectivity index (χ0) is 21.1. The minimum Gasteiger partial charge on any atom is -0.352 e. The van der Waals surface area contributed by atoms with Crippen molar-refractivity contribution in [3.63, 3.8) is 0 Å². The van der Waals surface area contributed by atoms with Crippen LogP contribution in [0.2, 0.25) is 0 Å². The average Bonchev–Trinajstić information content (AvgIpc) is 3.30. The second-order valence-corrected chi connectivity index (χ2v) is 8.39. The van der Waals surface area contributed by atoms with Gasteiger partial charge in [-0.25, -0.2) is 9.37 Å². The van der Waals surface area contributed by atoms with E-state index in [1.807, 2.05) is 0 Å². The van der Waals surface area contributed by atoms with Crippen LogP contribution < -0.4 is 10.6 Å². The number of amides is 2. The van der Waals surface area contributed by atoms with Crippen LogP contribution in [0.25, 0.3) is 11.4 Å². The van der Waals surface area contributed by atoms with Gasteiger partial charge in [-0.2, -0.15) is 0 Å². The Labute approximate surface area is 176 Å². The summed E-state index contributed by atoms with van der Waals surface area (Å²) in [5, 5.41) is 5.86. The molecule has 1 aliphatic carbocycles. The number of halogens is 1. The second-order valence-electron chi connectivity index (χ2n) is 8.39. The van der Waals surface area contributed by atoms with Crippen molar-refractivity contribution < 1.29 is 14.0 Å². The van der Waals surface area contributed by atoms with Crippen LogP contribution in [0.3, 0.4) is 0 Å². The third-order valence-electron chi connectivity index (χ3n) is 6.13. The lowest BCUT2D eigenvalue weighted by molar-refractivity contribution is -0.123. The van der Waals surface area contributed by atoms with Gasteiger partial charge in [-0.1, -0.05) is 19.3 Å². The maximum atomic E-state index is 13.4. The van der Waals surface area contributed by atoms with Gasteiger partial charge in [-0.15, -0.1) is 0 Å². The molecule has 1 unspecified atom stereocenters. The Morgan fingerprint density at radius 1 is 1.10 bits per heavy atom. The van der Waals surface area contributed by atoms with Crippen molar-refractivity contribution in [1.82, 2.24) is 20.2 Å². The predicted octanol–water partition coefficient (Wildman–Crippen LogP) is 3.59. The van der Waals surface area contributed by atoms with E-state index in [4.69, 9.17) is 0 Å². The summed E-state index contributed by atoms with van der Waals surface area (Å²) >= 11 is 0. The van der Waals surface area contributed by atoms with Crippen LogP contribution >= 0.6 is 0 Å². The highest BCUT2D eigenvalue weighted by atomic mass is 19.1. The van der Waals surface area contributed by atoms with Crippen LogP contribution in [0.15, 0.2) is 24.3 Å². The zero-order valence-corrected chi connectivity index (χ0v) is 17.4. The molecule has 30 heavy (non-hydrogen) atoms. The first-order valence-electron chi connectivity index (χ1n) is 11.0. The molecule has 2 heterocycles. The largest absolute Gasteiger partial charge is 0.352 e. The number of nitrogens with zero attached hydrogens (tertiary/aromatic N) is 2. The lowest BCUT2D eigenvalue weighted by atomic mass is 10.1. The van der Waals surface area contributed by atoms with Gasteiger partial charge in [-0.3, -0.25) is 9.59 Å². The average molecular weight is 413 g/mol. The number of rotatable bonds is 5. The van der Waals surface area contributed by atoms with Crippen LogP contribution in [0, 0.1) is 5.82 Å². The number of imidazole rings is 1. The molecular formula is C23H29FN4O2.